The Bertz CT molecular complexity index is 1710. The number of carboxylic acids is 1. The first kappa shape index (κ1) is 83.8. The smallest absolute Gasteiger partial charge is 0.470 e. The summed E-state index contributed by atoms with van der Waals surface area (Å²) >= 11 is 0. The van der Waals surface area contributed by atoms with E-state index in [1.54, 1.807) is 0 Å². The molecule has 88 heavy (non-hydrogen) atoms. The highest BCUT2D eigenvalue weighted by Gasteiger charge is 2.52. The monoisotopic (exact) mass is 1280 g/mol. The third-order valence-corrected chi connectivity index (χ3v) is 17.4. The molecule has 0 spiro atoms. The number of carbonyl (C=O) groups is 4. The van der Waals surface area contributed by atoms with E-state index < -0.39 is 99.8 Å². The molecule has 1 fully saturated rings. The number of unbranched alkanes of at least 4 members (excludes halogenated alkanes) is 33. The quantitative estimate of drug-likeness (QED) is 0.0188. The summed E-state index contributed by atoms with van der Waals surface area (Å²) < 4.78 is 55.8. The van der Waals surface area contributed by atoms with Gasteiger partial charge in [0.2, 0.25) is 11.8 Å². The van der Waals surface area contributed by atoms with E-state index >= 15 is 0 Å². The van der Waals surface area contributed by atoms with E-state index in [9.17, 15) is 43.7 Å². The highest BCUT2D eigenvalue weighted by Crippen LogP contribution is 2.42. The van der Waals surface area contributed by atoms with Crippen LogP contribution in [0.25, 0.3) is 0 Å². The molecule has 0 aromatic carbocycles. The van der Waals surface area contributed by atoms with E-state index in [1.165, 1.54) is 96.3 Å². The number of aliphatic carboxylic acids is 1. The summed E-state index contributed by atoms with van der Waals surface area (Å²) in [5.74, 6) is -3.38. The number of ether oxygens (including phenoxy) is 6. The number of phosphoric ester groups is 1. The van der Waals surface area contributed by atoms with Gasteiger partial charge in [-0.1, -0.05) is 273 Å². The molecule has 18 nitrogen and oxygen atoms in total. The van der Waals surface area contributed by atoms with Crippen LogP contribution in [-0.2, 0) is 56.7 Å². The molecule has 6 N–H and O–H groups in total. The molecule has 0 aromatic rings. The molecule has 1 rings (SSSR count). The Morgan fingerprint density at radius 2 is 0.807 bits per heavy atom. The Labute approximate surface area is 535 Å². The topological polar surface area (TPSA) is 255 Å². The summed E-state index contributed by atoms with van der Waals surface area (Å²) in [5, 5.41) is 26.9. The van der Waals surface area contributed by atoms with Crippen molar-refractivity contribution >= 4 is 31.6 Å². The molecule has 2 unspecified atom stereocenters. The molecule has 19 heteroatoms. The Balaban J connectivity index is 3.66. The second-order valence-corrected chi connectivity index (χ2v) is 26.4. The van der Waals surface area contributed by atoms with Crippen LogP contribution >= 0.6 is 7.82 Å². The molecular formula is C69H133N2O16P. The second kappa shape index (κ2) is 57.4. The van der Waals surface area contributed by atoms with E-state index in [2.05, 4.69) is 52.2 Å². The van der Waals surface area contributed by atoms with E-state index in [0.717, 1.165) is 154 Å². The fourth-order valence-corrected chi connectivity index (χ4v) is 12.1. The molecule has 0 aromatic heterocycles. The average molecular weight is 1280 g/mol. The van der Waals surface area contributed by atoms with Gasteiger partial charge in [-0.25, -0.2) is 9.36 Å². The van der Waals surface area contributed by atoms with Gasteiger partial charge in [0.25, 0.3) is 0 Å². The lowest BCUT2D eigenvalue weighted by molar-refractivity contribution is -0.272. The van der Waals surface area contributed by atoms with Crippen molar-refractivity contribution in [2.24, 2.45) is 0 Å². The van der Waals surface area contributed by atoms with Crippen LogP contribution in [0.1, 0.15) is 330 Å². The largest absolute Gasteiger partial charge is 0.480 e. The summed E-state index contributed by atoms with van der Waals surface area (Å²) in [6.07, 6.45) is 35.0. The average Bonchev–Trinajstić information content (AvgIpc) is 1.64. The number of carboxylic acid groups (broad SMARTS) is 1. The van der Waals surface area contributed by atoms with Crippen molar-refractivity contribution in [1.82, 2.24) is 10.6 Å². The molecule has 9 atom stereocenters. The first-order valence-corrected chi connectivity index (χ1v) is 37.7. The third-order valence-electron chi connectivity index (χ3n) is 16.9. The minimum absolute atomic E-state index is 0.0807. The molecule has 0 radical (unpaired) electrons. The number of nitrogens with one attached hydrogen (secondary N) is 2. The van der Waals surface area contributed by atoms with Crippen molar-refractivity contribution in [3.05, 3.63) is 0 Å². The minimum atomic E-state index is -5.42. The Hall–Kier alpha value is -2.25. The first-order chi connectivity index (χ1) is 42.7. The third kappa shape index (κ3) is 45.9. The second-order valence-electron chi connectivity index (χ2n) is 25.2. The van der Waals surface area contributed by atoms with Gasteiger partial charge in [0.1, 0.15) is 18.2 Å². The van der Waals surface area contributed by atoms with Gasteiger partial charge in [0.15, 0.2) is 18.4 Å². The summed E-state index contributed by atoms with van der Waals surface area (Å²) in [6, 6.07) is -3.22. The summed E-state index contributed by atoms with van der Waals surface area (Å²) in [7, 11) is -5.42. The Kier molecular flexibility index (Phi) is 54.7. The standard InChI is InChI=1S/C69H133N2O16P/c1-7-13-19-25-28-31-34-37-40-46-57(81-49-43-22-16-10-4)52-62(73)70-60(68(76)77)56-84-69-65(71-63(74)53-58(82-50-44-23-17-11-5)47-41-38-35-32-29-26-20-14-8-2)67(66(61(55-72)85-69)87-88(78,79)80)86-64(75)54-59(83-51-45-24-18-12-6)48-42-39-36-33-30-27-21-15-9-3/h57-61,65-67,69,72H,7-56H2,1-6H3,(H,70,73)(H,71,74)(H,76,77)(H2,78,79,80)/t57-,58-,59-,60+,61?,65+,66-,67-,69?/m1/s1. The van der Waals surface area contributed by atoms with Gasteiger partial charge >= 0.3 is 19.8 Å². The predicted octanol–water partition coefficient (Wildman–Crippen LogP) is 16.0. The minimum Gasteiger partial charge on any atom is -0.480 e. The zero-order valence-corrected chi connectivity index (χ0v) is 57.6. The van der Waals surface area contributed by atoms with Gasteiger partial charge in [-0.05, 0) is 38.5 Å². The maximum Gasteiger partial charge on any atom is 0.470 e. The summed E-state index contributed by atoms with van der Waals surface area (Å²) in [6.45, 7) is 12.7. The zero-order valence-electron chi connectivity index (χ0n) is 56.7. The maximum atomic E-state index is 14.6. The van der Waals surface area contributed by atoms with Crippen molar-refractivity contribution in [3.8, 4) is 0 Å². The van der Waals surface area contributed by atoms with Crippen molar-refractivity contribution in [2.45, 2.75) is 385 Å². The fourth-order valence-electron chi connectivity index (χ4n) is 11.6. The molecule has 0 bridgehead atoms. The SMILES string of the molecule is CCCCCCCCCCC[C@H](CC(=O)N[C@@H](COC1OC(CO)[C@@H](OP(=O)(O)O)[C@H](OC(=O)C[C@@H](CCCCCCCCCCC)OCCCCCC)[C@@H]1NC(=O)C[C@@H](CCCCCCCCCCC)OCCCCCC)C(=O)O)OCCCCCC. The van der Waals surface area contributed by atoms with Gasteiger partial charge in [0, 0.05) is 19.8 Å². The van der Waals surface area contributed by atoms with Gasteiger partial charge in [-0.2, -0.15) is 0 Å². The molecule has 1 saturated heterocycles. The van der Waals surface area contributed by atoms with Crippen molar-refractivity contribution in [2.75, 3.05) is 33.0 Å². The summed E-state index contributed by atoms with van der Waals surface area (Å²) in [5.41, 5.74) is 0. The zero-order chi connectivity index (χ0) is 64.7. The highest BCUT2D eigenvalue weighted by molar-refractivity contribution is 7.46. The molecule has 0 saturated carbocycles. The maximum absolute atomic E-state index is 14.6. The van der Waals surface area contributed by atoms with Gasteiger partial charge < -0.3 is 59.1 Å². The number of amides is 2. The van der Waals surface area contributed by atoms with Crippen LogP contribution < -0.4 is 10.6 Å². The van der Waals surface area contributed by atoms with E-state index in [-0.39, 0.29) is 19.3 Å². The van der Waals surface area contributed by atoms with E-state index in [4.69, 9.17) is 32.9 Å². The number of phosphoric acid groups is 1. The lowest BCUT2D eigenvalue weighted by Crippen LogP contribution is -2.66. The number of hydrogen-bond donors (Lipinski definition) is 6. The van der Waals surface area contributed by atoms with E-state index in [0.29, 0.717) is 39.1 Å². The van der Waals surface area contributed by atoms with Crippen molar-refractivity contribution in [1.29, 1.82) is 0 Å². The van der Waals surface area contributed by atoms with Crippen LogP contribution in [0.5, 0.6) is 0 Å². The number of aliphatic hydroxyl groups excluding tert-OH is 1. The molecule has 2 amide bonds. The van der Waals surface area contributed by atoms with Crippen LogP contribution in [0.4, 0.5) is 0 Å². The molecule has 520 valence electrons. The van der Waals surface area contributed by atoms with Crippen LogP contribution in [0.2, 0.25) is 0 Å². The van der Waals surface area contributed by atoms with Gasteiger partial charge in [-0.15, -0.1) is 0 Å². The molecule has 1 heterocycles. The van der Waals surface area contributed by atoms with Crippen molar-refractivity contribution in [3.63, 3.8) is 0 Å². The lowest BCUT2D eigenvalue weighted by Gasteiger charge is -2.45. The van der Waals surface area contributed by atoms with Gasteiger partial charge in [-0.3, -0.25) is 18.9 Å². The van der Waals surface area contributed by atoms with Crippen LogP contribution in [0.15, 0.2) is 0 Å². The Morgan fingerprint density at radius 3 is 1.16 bits per heavy atom. The Morgan fingerprint density at radius 1 is 0.466 bits per heavy atom. The van der Waals surface area contributed by atoms with Crippen LogP contribution in [0, 0.1) is 0 Å². The van der Waals surface area contributed by atoms with Crippen LogP contribution in [-0.4, -0.2) is 132 Å². The number of aliphatic hydroxyl groups is 1. The number of rotatable bonds is 64. The summed E-state index contributed by atoms with van der Waals surface area (Å²) in [4.78, 5) is 76.6. The lowest BCUT2D eigenvalue weighted by atomic mass is 9.95. The van der Waals surface area contributed by atoms with Gasteiger partial charge in [0.05, 0.1) is 50.8 Å². The number of hydrogen-bond acceptors (Lipinski definition) is 13. The molecule has 1 aliphatic rings. The highest BCUT2D eigenvalue weighted by atomic mass is 31.2. The molecule has 1 aliphatic heterocycles. The van der Waals surface area contributed by atoms with Crippen LogP contribution in [0.3, 0.4) is 0 Å². The molecular weight excluding hydrogens is 1140 g/mol. The number of carbonyl (C=O) groups excluding carboxylic acids is 3. The number of esters is 1. The molecule has 0 aliphatic carbocycles. The van der Waals surface area contributed by atoms with Crippen molar-refractivity contribution < 1.29 is 76.7 Å². The first-order valence-electron chi connectivity index (χ1n) is 36.1. The fraction of sp³-hybridized carbons (Fsp3) is 0.942. The predicted molar refractivity (Wildman–Crippen MR) is 351 cm³/mol. The normalized spacial score (nSPS) is 18.4. The van der Waals surface area contributed by atoms with E-state index in [1.807, 2.05) is 0 Å².